The molecule has 1 fully saturated rings. The van der Waals surface area contributed by atoms with Crippen LogP contribution >= 0.6 is 23.2 Å². The molecule has 0 saturated carbocycles. The normalized spacial score (nSPS) is 17.4. The van der Waals surface area contributed by atoms with Crippen LogP contribution in [0.2, 0.25) is 10.0 Å². The van der Waals surface area contributed by atoms with E-state index in [1.165, 1.54) is 6.07 Å². The summed E-state index contributed by atoms with van der Waals surface area (Å²) >= 11 is 11.8. The summed E-state index contributed by atoms with van der Waals surface area (Å²) in [6.45, 7) is 0.454. The topological polar surface area (TPSA) is 49.4 Å². The summed E-state index contributed by atoms with van der Waals surface area (Å²) in [4.78, 5) is 26.1. The molecule has 1 heterocycles. The van der Waals surface area contributed by atoms with E-state index in [9.17, 15) is 9.59 Å². The van der Waals surface area contributed by atoms with E-state index < -0.39 is 0 Å². The minimum absolute atomic E-state index is 0.00404. The average molecular weight is 349 g/mol. The fourth-order valence-electron chi connectivity index (χ4n) is 2.57. The molecule has 1 aliphatic heterocycles. The highest BCUT2D eigenvalue weighted by molar-refractivity contribution is 6.42. The molecular weight excluding hydrogens is 335 g/mol. The number of hydrogen-bond acceptors (Lipinski definition) is 2. The first kappa shape index (κ1) is 15.8. The van der Waals surface area contributed by atoms with Crippen molar-refractivity contribution >= 4 is 40.7 Å². The van der Waals surface area contributed by atoms with Crippen LogP contribution < -0.4 is 10.2 Å². The largest absolute Gasteiger partial charge is 0.347 e. The number of para-hydroxylation sites is 1. The van der Waals surface area contributed by atoms with Gasteiger partial charge in [-0.15, -0.1) is 0 Å². The Hall–Kier alpha value is -2.04. The number of halogens is 2. The Balaban J connectivity index is 1.68. The van der Waals surface area contributed by atoms with E-state index in [1.54, 1.807) is 17.0 Å². The highest BCUT2D eigenvalue weighted by atomic mass is 35.5. The lowest BCUT2D eigenvalue weighted by Gasteiger charge is -2.17. The third kappa shape index (κ3) is 3.49. The molecule has 2 amide bonds. The number of carbonyl (C=O) groups is 2. The average Bonchev–Trinajstić information content (AvgIpc) is 2.91. The van der Waals surface area contributed by atoms with E-state index in [0.717, 1.165) is 5.69 Å². The van der Waals surface area contributed by atoms with E-state index in [-0.39, 0.29) is 24.3 Å². The summed E-state index contributed by atoms with van der Waals surface area (Å²) in [5.74, 6) is -0.271. The first-order valence-corrected chi connectivity index (χ1v) is 7.91. The Morgan fingerprint density at radius 2 is 1.83 bits per heavy atom. The lowest BCUT2D eigenvalue weighted by Crippen LogP contribution is -2.37. The Morgan fingerprint density at radius 1 is 1.09 bits per heavy atom. The number of hydrogen-bond donors (Lipinski definition) is 1. The molecule has 6 heteroatoms. The van der Waals surface area contributed by atoms with Gasteiger partial charge in [-0.2, -0.15) is 0 Å². The maximum atomic E-state index is 12.3. The van der Waals surface area contributed by atoms with Crippen molar-refractivity contribution in [2.75, 3.05) is 11.4 Å². The first-order valence-electron chi connectivity index (χ1n) is 7.16. The smallest absolute Gasteiger partial charge is 0.251 e. The van der Waals surface area contributed by atoms with Crippen LogP contribution in [-0.4, -0.2) is 24.4 Å². The second-order valence-electron chi connectivity index (χ2n) is 5.34. The van der Waals surface area contributed by atoms with Gasteiger partial charge in [-0.3, -0.25) is 9.59 Å². The van der Waals surface area contributed by atoms with E-state index >= 15 is 0 Å². The zero-order chi connectivity index (χ0) is 16.4. The second-order valence-corrected chi connectivity index (χ2v) is 6.16. The Morgan fingerprint density at radius 3 is 2.52 bits per heavy atom. The van der Waals surface area contributed by atoms with Gasteiger partial charge >= 0.3 is 0 Å². The molecule has 1 saturated heterocycles. The molecule has 0 aliphatic carbocycles. The van der Waals surface area contributed by atoms with Gasteiger partial charge in [0, 0.05) is 24.2 Å². The molecule has 0 aromatic heterocycles. The first-order chi connectivity index (χ1) is 11.0. The lowest BCUT2D eigenvalue weighted by atomic mass is 10.2. The highest BCUT2D eigenvalue weighted by Crippen LogP contribution is 2.24. The molecule has 1 unspecified atom stereocenters. The van der Waals surface area contributed by atoms with Crippen molar-refractivity contribution in [3.8, 4) is 0 Å². The molecule has 3 rings (SSSR count). The molecule has 2 aromatic carbocycles. The van der Waals surface area contributed by atoms with Crippen LogP contribution in [0.4, 0.5) is 5.69 Å². The number of carbonyl (C=O) groups excluding carboxylic acids is 2. The van der Waals surface area contributed by atoms with E-state index in [0.29, 0.717) is 22.2 Å². The summed E-state index contributed by atoms with van der Waals surface area (Å²) in [6, 6.07) is 13.9. The minimum Gasteiger partial charge on any atom is -0.347 e. The summed E-state index contributed by atoms with van der Waals surface area (Å²) in [7, 11) is 0. The van der Waals surface area contributed by atoms with Gasteiger partial charge in [-0.05, 0) is 30.3 Å². The fraction of sp³-hybridized carbons (Fsp3) is 0.176. The van der Waals surface area contributed by atoms with Crippen LogP contribution in [-0.2, 0) is 4.79 Å². The van der Waals surface area contributed by atoms with Crippen LogP contribution in [0.1, 0.15) is 16.8 Å². The predicted octanol–water partition coefficient (Wildman–Crippen LogP) is 3.53. The Bertz CT molecular complexity index is 750. The van der Waals surface area contributed by atoms with Crippen molar-refractivity contribution in [2.24, 2.45) is 0 Å². The minimum atomic E-state index is -0.267. The van der Waals surface area contributed by atoms with Gasteiger partial charge in [0.25, 0.3) is 5.91 Å². The van der Waals surface area contributed by atoms with Gasteiger partial charge in [0.05, 0.1) is 16.1 Å². The molecule has 0 spiro atoms. The van der Waals surface area contributed by atoms with Gasteiger partial charge in [-0.25, -0.2) is 0 Å². The maximum absolute atomic E-state index is 12.3. The molecule has 1 aliphatic rings. The summed E-state index contributed by atoms with van der Waals surface area (Å²) in [5, 5.41) is 3.59. The second kappa shape index (κ2) is 6.60. The lowest BCUT2D eigenvalue weighted by molar-refractivity contribution is -0.117. The molecule has 4 nitrogen and oxygen atoms in total. The SMILES string of the molecule is O=C(NC1CC(=O)N(c2ccccc2)C1)c1ccc(Cl)c(Cl)c1. The number of anilines is 1. The maximum Gasteiger partial charge on any atom is 0.251 e. The van der Waals surface area contributed by atoms with Crippen molar-refractivity contribution in [1.82, 2.24) is 5.32 Å². The van der Waals surface area contributed by atoms with Crippen molar-refractivity contribution in [3.05, 3.63) is 64.1 Å². The number of amides is 2. The zero-order valence-electron chi connectivity index (χ0n) is 12.1. The molecule has 23 heavy (non-hydrogen) atoms. The molecule has 1 atom stereocenters. The van der Waals surface area contributed by atoms with Crippen molar-refractivity contribution in [2.45, 2.75) is 12.5 Å². The van der Waals surface area contributed by atoms with Gasteiger partial charge in [0.15, 0.2) is 0 Å². The Kier molecular flexibility index (Phi) is 4.55. The van der Waals surface area contributed by atoms with E-state index in [4.69, 9.17) is 23.2 Å². The quantitative estimate of drug-likeness (QED) is 0.922. The molecule has 2 aromatic rings. The third-order valence-electron chi connectivity index (χ3n) is 3.71. The molecule has 0 radical (unpaired) electrons. The van der Waals surface area contributed by atoms with Gasteiger partial charge in [0.2, 0.25) is 5.91 Å². The van der Waals surface area contributed by atoms with E-state index in [1.807, 2.05) is 30.3 Å². The summed E-state index contributed by atoms with van der Waals surface area (Å²) in [5.41, 5.74) is 1.26. The number of benzene rings is 2. The third-order valence-corrected chi connectivity index (χ3v) is 4.45. The van der Waals surface area contributed by atoms with Crippen LogP contribution in [0.5, 0.6) is 0 Å². The Labute approximate surface area is 144 Å². The number of nitrogens with one attached hydrogen (secondary N) is 1. The summed E-state index contributed by atoms with van der Waals surface area (Å²) < 4.78 is 0. The number of rotatable bonds is 3. The van der Waals surface area contributed by atoms with Crippen molar-refractivity contribution in [3.63, 3.8) is 0 Å². The van der Waals surface area contributed by atoms with Crippen LogP contribution in [0.15, 0.2) is 48.5 Å². The summed E-state index contributed by atoms with van der Waals surface area (Å²) in [6.07, 6.45) is 0.280. The standard InChI is InChI=1S/C17H14Cl2N2O2/c18-14-7-6-11(8-15(14)19)17(23)20-12-9-16(22)21(10-12)13-4-2-1-3-5-13/h1-8,12H,9-10H2,(H,20,23). The van der Waals surface area contributed by atoms with Gasteiger partial charge < -0.3 is 10.2 Å². The van der Waals surface area contributed by atoms with Gasteiger partial charge in [-0.1, -0.05) is 41.4 Å². The molecule has 1 N–H and O–H groups in total. The highest BCUT2D eigenvalue weighted by Gasteiger charge is 2.31. The van der Waals surface area contributed by atoms with Crippen LogP contribution in [0, 0.1) is 0 Å². The molecule has 0 bridgehead atoms. The van der Waals surface area contributed by atoms with Crippen molar-refractivity contribution in [1.29, 1.82) is 0 Å². The van der Waals surface area contributed by atoms with Crippen LogP contribution in [0.25, 0.3) is 0 Å². The monoisotopic (exact) mass is 348 g/mol. The molecular formula is C17H14Cl2N2O2. The fourth-order valence-corrected chi connectivity index (χ4v) is 2.87. The van der Waals surface area contributed by atoms with Crippen molar-refractivity contribution < 1.29 is 9.59 Å². The molecule has 118 valence electrons. The van der Waals surface area contributed by atoms with Gasteiger partial charge in [0.1, 0.15) is 0 Å². The van der Waals surface area contributed by atoms with Crippen LogP contribution in [0.3, 0.4) is 0 Å². The predicted molar refractivity (Wildman–Crippen MR) is 91.1 cm³/mol. The van der Waals surface area contributed by atoms with E-state index in [2.05, 4.69) is 5.32 Å². The zero-order valence-corrected chi connectivity index (χ0v) is 13.6. The number of nitrogens with zero attached hydrogens (tertiary/aromatic N) is 1.